The van der Waals surface area contributed by atoms with Crippen LogP contribution in [0.5, 0.6) is 0 Å². The second-order valence-electron chi connectivity index (χ2n) is 9.21. The van der Waals surface area contributed by atoms with Crippen molar-refractivity contribution in [1.29, 1.82) is 0 Å². The molecule has 1 saturated carbocycles. The summed E-state index contributed by atoms with van der Waals surface area (Å²) in [5, 5.41) is 23.5. The average Bonchev–Trinajstić information content (AvgIpc) is 3.22. The van der Waals surface area contributed by atoms with Gasteiger partial charge >= 0.3 is 5.97 Å². The van der Waals surface area contributed by atoms with E-state index in [1.807, 2.05) is 24.3 Å². The normalized spacial score (nSPS) is 18.1. The zero-order valence-corrected chi connectivity index (χ0v) is 19.6. The van der Waals surface area contributed by atoms with Gasteiger partial charge in [0, 0.05) is 30.0 Å². The Morgan fingerprint density at radius 1 is 0.941 bits per heavy atom. The molecular formula is C28H34N2O4. The Balaban J connectivity index is 1.57. The van der Waals surface area contributed by atoms with Crippen LogP contribution in [0.4, 0.5) is 0 Å². The lowest BCUT2D eigenvalue weighted by Gasteiger charge is -2.28. The number of hydrogen-bond acceptors (Lipinski definition) is 4. The lowest BCUT2D eigenvalue weighted by atomic mass is 9.82. The van der Waals surface area contributed by atoms with E-state index >= 15 is 0 Å². The monoisotopic (exact) mass is 462 g/mol. The van der Waals surface area contributed by atoms with Crippen molar-refractivity contribution in [2.24, 2.45) is 11.8 Å². The van der Waals surface area contributed by atoms with Gasteiger partial charge < -0.3 is 14.9 Å². The van der Waals surface area contributed by atoms with E-state index in [2.05, 4.69) is 41.1 Å². The van der Waals surface area contributed by atoms with Crippen molar-refractivity contribution in [2.45, 2.75) is 45.1 Å². The van der Waals surface area contributed by atoms with Gasteiger partial charge in [0.05, 0.1) is 6.61 Å². The lowest BCUT2D eigenvalue weighted by molar-refractivity contribution is -0.142. The Morgan fingerprint density at radius 3 is 2.18 bits per heavy atom. The van der Waals surface area contributed by atoms with Gasteiger partial charge in [-0.25, -0.2) is 4.79 Å². The molecule has 1 aliphatic rings. The van der Waals surface area contributed by atoms with Crippen molar-refractivity contribution in [1.82, 2.24) is 9.78 Å². The van der Waals surface area contributed by atoms with Gasteiger partial charge in [-0.15, -0.1) is 0 Å². The molecule has 1 heterocycles. The Hall–Kier alpha value is -2.96. The van der Waals surface area contributed by atoms with Gasteiger partial charge in [-0.3, -0.25) is 4.68 Å². The summed E-state index contributed by atoms with van der Waals surface area (Å²) in [5.41, 5.74) is 5.60. The van der Waals surface area contributed by atoms with Gasteiger partial charge in [0.2, 0.25) is 0 Å². The Kier molecular flexibility index (Phi) is 8.50. The smallest absolute Gasteiger partial charge is 0.329 e. The largest absolute Gasteiger partial charge is 0.480 e. The van der Waals surface area contributed by atoms with Crippen molar-refractivity contribution in [3.63, 3.8) is 0 Å². The van der Waals surface area contributed by atoms with Crippen LogP contribution >= 0.6 is 0 Å². The number of aliphatic carboxylic acids is 1. The molecule has 2 N–H and O–H groups in total. The molecule has 0 bridgehead atoms. The maximum atomic E-state index is 10.7. The fraction of sp³-hybridized carbons (Fsp3) is 0.429. The highest BCUT2D eigenvalue weighted by atomic mass is 16.5. The van der Waals surface area contributed by atoms with Gasteiger partial charge in [-0.05, 0) is 55.9 Å². The molecule has 0 amide bonds. The van der Waals surface area contributed by atoms with Crippen LogP contribution in [0.15, 0.2) is 60.7 Å². The number of benzene rings is 2. The van der Waals surface area contributed by atoms with Crippen LogP contribution in [-0.4, -0.2) is 45.8 Å². The second kappa shape index (κ2) is 12.0. The predicted octanol–water partition coefficient (Wildman–Crippen LogP) is 5.05. The van der Waals surface area contributed by atoms with Crippen molar-refractivity contribution < 1.29 is 19.7 Å². The second-order valence-corrected chi connectivity index (χ2v) is 9.21. The summed E-state index contributed by atoms with van der Waals surface area (Å²) >= 11 is 0. The fourth-order valence-corrected chi connectivity index (χ4v) is 4.99. The van der Waals surface area contributed by atoms with Crippen molar-refractivity contribution in [3.05, 3.63) is 66.4 Å². The van der Waals surface area contributed by atoms with E-state index in [0.717, 1.165) is 61.0 Å². The molecule has 4 rings (SSSR count). The molecule has 6 nitrogen and oxygen atoms in total. The molecule has 0 unspecified atom stereocenters. The van der Waals surface area contributed by atoms with E-state index in [0.29, 0.717) is 24.9 Å². The van der Waals surface area contributed by atoms with E-state index in [9.17, 15) is 9.90 Å². The minimum atomic E-state index is -0.911. The third-order valence-electron chi connectivity index (χ3n) is 6.72. The van der Waals surface area contributed by atoms with Gasteiger partial charge in [-0.2, -0.15) is 5.10 Å². The molecule has 0 aliphatic heterocycles. The molecule has 6 heteroatoms. The number of ether oxygens (including phenoxy) is 1. The van der Waals surface area contributed by atoms with Crippen LogP contribution in [0.2, 0.25) is 0 Å². The summed E-state index contributed by atoms with van der Waals surface area (Å²) in [4.78, 5) is 10.7. The Labute approximate surface area is 201 Å². The molecule has 0 radical (unpaired) electrons. The van der Waals surface area contributed by atoms with Crippen LogP contribution in [-0.2, 0) is 22.5 Å². The van der Waals surface area contributed by atoms with Gasteiger partial charge in [-0.1, -0.05) is 60.7 Å². The summed E-state index contributed by atoms with van der Waals surface area (Å²) < 4.78 is 7.51. The number of hydrogen-bond donors (Lipinski definition) is 2. The van der Waals surface area contributed by atoms with Crippen molar-refractivity contribution in [2.75, 3.05) is 19.8 Å². The summed E-state index contributed by atoms with van der Waals surface area (Å²) in [7, 11) is 0. The van der Waals surface area contributed by atoms with E-state index in [4.69, 9.17) is 14.9 Å². The molecular weight excluding hydrogens is 428 g/mol. The lowest BCUT2D eigenvalue weighted by Crippen LogP contribution is -2.24. The minimum Gasteiger partial charge on any atom is -0.480 e. The van der Waals surface area contributed by atoms with Crippen molar-refractivity contribution in [3.8, 4) is 22.4 Å². The van der Waals surface area contributed by atoms with Gasteiger partial charge in [0.1, 0.15) is 12.3 Å². The van der Waals surface area contributed by atoms with Crippen LogP contribution in [0.1, 0.15) is 37.8 Å². The predicted molar refractivity (Wildman–Crippen MR) is 132 cm³/mol. The highest BCUT2D eigenvalue weighted by Gasteiger charge is 2.25. The first-order chi connectivity index (χ1) is 16.7. The first-order valence-electron chi connectivity index (χ1n) is 12.3. The number of carboxylic acid groups (broad SMARTS) is 1. The molecule has 2 aromatic carbocycles. The van der Waals surface area contributed by atoms with E-state index in [1.165, 1.54) is 5.69 Å². The molecule has 34 heavy (non-hydrogen) atoms. The zero-order valence-electron chi connectivity index (χ0n) is 19.6. The van der Waals surface area contributed by atoms with Crippen molar-refractivity contribution >= 4 is 5.97 Å². The summed E-state index contributed by atoms with van der Waals surface area (Å²) in [6, 6.07) is 20.8. The van der Waals surface area contributed by atoms with Crippen LogP contribution in [0, 0.1) is 11.8 Å². The van der Waals surface area contributed by atoms with Gasteiger partial charge in [0.25, 0.3) is 0 Å². The quantitative estimate of drug-likeness (QED) is 0.417. The summed E-state index contributed by atoms with van der Waals surface area (Å²) in [5.74, 6) is 0.0452. The van der Waals surface area contributed by atoms with Crippen LogP contribution in [0.3, 0.4) is 0 Å². The minimum absolute atomic E-state index is 0.154. The molecule has 3 aromatic rings. The highest BCUT2D eigenvalue weighted by molar-refractivity contribution is 5.82. The first kappa shape index (κ1) is 24.2. The average molecular weight is 463 g/mol. The zero-order chi connectivity index (χ0) is 23.8. The first-order valence-corrected chi connectivity index (χ1v) is 12.3. The number of aliphatic hydroxyl groups excluding tert-OH is 1. The summed E-state index contributed by atoms with van der Waals surface area (Å²) in [6.07, 6.45) is 5.75. The number of rotatable bonds is 11. The summed E-state index contributed by atoms with van der Waals surface area (Å²) in [6.45, 7) is 1.32. The maximum Gasteiger partial charge on any atom is 0.329 e. The van der Waals surface area contributed by atoms with E-state index in [-0.39, 0.29) is 13.2 Å². The van der Waals surface area contributed by atoms with E-state index in [1.54, 1.807) is 0 Å². The topological polar surface area (TPSA) is 84.6 Å². The number of carboxylic acids is 1. The standard InChI is InChI=1S/C28H34N2O4/c31-17-7-12-25-27(23-8-3-1-4-9-23)28(24-10-5-2-6-11-24)29-30(25)18-21-13-15-22(16-14-21)19-34-20-26(32)33/h1-6,8-11,21-22,31H,7,12-20H2,(H,32,33). The molecule has 1 aromatic heterocycles. The Bertz CT molecular complexity index is 1040. The van der Waals surface area contributed by atoms with E-state index < -0.39 is 5.97 Å². The number of carbonyl (C=O) groups is 1. The highest BCUT2D eigenvalue weighted by Crippen LogP contribution is 2.37. The molecule has 1 fully saturated rings. The number of nitrogens with zero attached hydrogens (tertiary/aromatic N) is 2. The maximum absolute atomic E-state index is 10.7. The van der Waals surface area contributed by atoms with Crippen LogP contribution < -0.4 is 0 Å². The molecule has 0 spiro atoms. The third kappa shape index (κ3) is 6.13. The molecule has 180 valence electrons. The number of aliphatic hydroxyl groups is 1. The SMILES string of the molecule is O=C(O)COCC1CCC(Cn2nc(-c3ccccc3)c(-c3ccccc3)c2CCCO)CC1. The molecule has 0 atom stereocenters. The third-order valence-corrected chi connectivity index (χ3v) is 6.72. The van der Waals surface area contributed by atoms with Crippen LogP contribution in [0.25, 0.3) is 22.4 Å². The van der Waals surface area contributed by atoms with Gasteiger partial charge in [0.15, 0.2) is 0 Å². The molecule has 1 aliphatic carbocycles. The number of aromatic nitrogens is 2. The Morgan fingerprint density at radius 2 is 1.56 bits per heavy atom. The fourth-order valence-electron chi connectivity index (χ4n) is 4.99. The molecule has 0 saturated heterocycles.